The summed E-state index contributed by atoms with van der Waals surface area (Å²) in [6.45, 7) is 0. The molecular weight excluding hydrogens is 412 g/mol. The van der Waals surface area contributed by atoms with Crippen molar-refractivity contribution in [3.8, 4) is 11.5 Å². The lowest BCUT2D eigenvalue weighted by Crippen LogP contribution is -2.27. The molecule has 22 heavy (non-hydrogen) atoms. The molecule has 0 saturated heterocycles. The highest BCUT2D eigenvalue weighted by molar-refractivity contribution is 14.1. The number of carbonyl (C=O) groups is 1. The van der Waals surface area contributed by atoms with Crippen molar-refractivity contribution in [2.24, 2.45) is 0 Å². The van der Waals surface area contributed by atoms with Crippen molar-refractivity contribution in [1.29, 1.82) is 0 Å². The second kappa shape index (κ2) is 8.62. The van der Waals surface area contributed by atoms with Crippen LogP contribution < -0.4 is 9.47 Å². The molecule has 0 aromatic heterocycles. The minimum Gasteiger partial charge on any atom is -0.497 e. The van der Waals surface area contributed by atoms with Gasteiger partial charge in [-0.15, -0.1) is 0 Å². The van der Waals surface area contributed by atoms with Crippen molar-refractivity contribution in [3.63, 3.8) is 0 Å². The number of hydrogen-bond acceptors (Lipinski definition) is 3. The topological polar surface area (TPSA) is 35.5 Å². The van der Waals surface area contributed by atoms with Crippen LogP contribution in [-0.4, -0.2) is 19.3 Å². The Hall–Kier alpha value is -1.77. The molecule has 0 aliphatic heterocycles. The van der Waals surface area contributed by atoms with Gasteiger partial charge in [0.25, 0.3) is 0 Å². The van der Waals surface area contributed by atoms with Crippen LogP contribution in [0.15, 0.2) is 54.6 Å². The zero-order chi connectivity index (χ0) is 16.6. The maximum Gasteiger partial charge on any atom is 0.491 e. The molecule has 0 atom stereocenters. The van der Waals surface area contributed by atoms with Crippen LogP contribution >= 0.6 is 22.6 Å². The molecule has 2 rings (SSSR count). The fourth-order valence-corrected chi connectivity index (χ4v) is 1.64. The second-order valence-electron chi connectivity index (χ2n) is 3.86. The summed E-state index contributed by atoms with van der Waals surface area (Å²) >= 11 is 2.28. The number of esters is 1. The molecule has 0 saturated carbocycles. The minimum atomic E-state index is -4.99. The van der Waals surface area contributed by atoms with Crippen molar-refractivity contribution in [3.05, 3.63) is 58.2 Å². The van der Waals surface area contributed by atoms with Gasteiger partial charge in [0.2, 0.25) is 0 Å². The maximum atomic E-state index is 11.8. The SMILES string of the molecule is COc1ccc(OC(=O)C(F)(F)F)cc1.Ic1ccccc1. The van der Waals surface area contributed by atoms with Gasteiger partial charge in [0.1, 0.15) is 11.5 Å². The maximum absolute atomic E-state index is 11.8. The monoisotopic (exact) mass is 424 g/mol. The van der Waals surface area contributed by atoms with Gasteiger partial charge in [-0.2, -0.15) is 13.2 Å². The van der Waals surface area contributed by atoms with Crippen LogP contribution in [0.1, 0.15) is 0 Å². The van der Waals surface area contributed by atoms with Crippen molar-refractivity contribution < 1.29 is 27.4 Å². The highest BCUT2D eigenvalue weighted by atomic mass is 127. The number of alkyl halides is 3. The predicted molar refractivity (Wildman–Crippen MR) is 83.8 cm³/mol. The summed E-state index contributed by atoms with van der Waals surface area (Å²) in [4.78, 5) is 10.4. The van der Waals surface area contributed by atoms with E-state index in [1.54, 1.807) is 0 Å². The molecule has 0 heterocycles. The van der Waals surface area contributed by atoms with E-state index in [1.165, 1.54) is 34.9 Å². The van der Waals surface area contributed by atoms with Gasteiger partial charge in [-0.05, 0) is 59.0 Å². The Morgan fingerprint density at radius 2 is 1.45 bits per heavy atom. The van der Waals surface area contributed by atoms with Crippen LogP contribution in [0, 0.1) is 3.57 Å². The molecular formula is C15H12F3IO3. The lowest BCUT2D eigenvalue weighted by atomic mass is 10.3. The van der Waals surface area contributed by atoms with E-state index in [0.29, 0.717) is 5.75 Å². The molecule has 0 bridgehead atoms. The Labute approximate surface area is 139 Å². The predicted octanol–water partition coefficient (Wildman–Crippen LogP) is 4.45. The first-order valence-corrected chi connectivity index (χ1v) is 7.04. The summed E-state index contributed by atoms with van der Waals surface area (Å²) in [6, 6.07) is 15.4. The Morgan fingerprint density at radius 3 is 1.82 bits per heavy atom. The van der Waals surface area contributed by atoms with Crippen LogP contribution in [0.4, 0.5) is 13.2 Å². The molecule has 0 N–H and O–H groups in total. The van der Waals surface area contributed by atoms with E-state index in [2.05, 4.69) is 39.5 Å². The molecule has 0 spiro atoms. The lowest BCUT2D eigenvalue weighted by molar-refractivity contribution is -0.189. The van der Waals surface area contributed by atoms with Gasteiger partial charge >= 0.3 is 12.1 Å². The zero-order valence-electron chi connectivity index (χ0n) is 11.4. The van der Waals surface area contributed by atoms with Gasteiger partial charge in [-0.3, -0.25) is 0 Å². The van der Waals surface area contributed by atoms with Crippen molar-refractivity contribution in [1.82, 2.24) is 0 Å². The van der Waals surface area contributed by atoms with Gasteiger partial charge in [0.05, 0.1) is 7.11 Å². The van der Waals surface area contributed by atoms with Crippen molar-refractivity contribution in [2.75, 3.05) is 7.11 Å². The van der Waals surface area contributed by atoms with Crippen LogP contribution in [0.2, 0.25) is 0 Å². The van der Waals surface area contributed by atoms with Gasteiger partial charge < -0.3 is 9.47 Å². The molecule has 0 radical (unpaired) electrons. The first kappa shape index (κ1) is 18.3. The van der Waals surface area contributed by atoms with Gasteiger partial charge in [0, 0.05) is 3.57 Å². The third-order valence-electron chi connectivity index (χ3n) is 2.23. The van der Waals surface area contributed by atoms with E-state index >= 15 is 0 Å². The molecule has 7 heteroatoms. The Balaban J connectivity index is 0.000000287. The molecule has 0 unspecified atom stereocenters. The quantitative estimate of drug-likeness (QED) is 0.406. The van der Waals surface area contributed by atoms with Crippen LogP contribution in [0.25, 0.3) is 0 Å². The largest absolute Gasteiger partial charge is 0.497 e. The van der Waals surface area contributed by atoms with E-state index in [1.807, 2.05) is 18.2 Å². The summed E-state index contributed by atoms with van der Waals surface area (Å²) in [5.74, 6) is -1.97. The van der Waals surface area contributed by atoms with Crippen LogP contribution in [0.3, 0.4) is 0 Å². The fourth-order valence-electron chi connectivity index (χ4n) is 1.22. The van der Waals surface area contributed by atoms with E-state index in [4.69, 9.17) is 4.74 Å². The summed E-state index contributed by atoms with van der Waals surface area (Å²) in [5, 5.41) is 0. The molecule has 3 nitrogen and oxygen atoms in total. The average Bonchev–Trinajstić information content (AvgIpc) is 2.48. The van der Waals surface area contributed by atoms with Crippen LogP contribution in [-0.2, 0) is 4.79 Å². The lowest BCUT2D eigenvalue weighted by Gasteiger charge is -2.06. The van der Waals surface area contributed by atoms with Crippen molar-refractivity contribution in [2.45, 2.75) is 6.18 Å². The third kappa shape index (κ3) is 6.79. The second-order valence-corrected chi connectivity index (χ2v) is 5.10. The molecule has 2 aromatic carbocycles. The van der Waals surface area contributed by atoms with Crippen molar-refractivity contribution >= 4 is 28.6 Å². The standard InChI is InChI=1S/C9H7F3O3.C6H5I/c1-14-6-2-4-7(5-3-6)15-8(13)9(10,11)12;7-6-4-2-1-3-5-6/h2-5H,1H3;1-5H. The minimum absolute atomic E-state index is 0.182. The molecule has 118 valence electrons. The summed E-state index contributed by atoms with van der Waals surface area (Å²) in [6.07, 6.45) is -4.99. The molecule has 0 fully saturated rings. The van der Waals surface area contributed by atoms with Gasteiger partial charge in [0.15, 0.2) is 0 Å². The summed E-state index contributed by atoms with van der Waals surface area (Å²) in [5.41, 5.74) is 0. The van der Waals surface area contributed by atoms with E-state index < -0.39 is 12.1 Å². The first-order valence-electron chi connectivity index (χ1n) is 5.96. The smallest absolute Gasteiger partial charge is 0.491 e. The number of ether oxygens (including phenoxy) is 2. The number of carbonyl (C=O) groups excluding carboxylic acids is 1. The Bertz CT molecular complexity index is 583. The normalized spacial score (nSPS) is 10.2. The fraction of sp³-hybridized carbons (Fsp3) is 0.133. The molecule has 0 amide bonds. The highest BCUT2D eigenvalue weighted by Crippen LogP contribution is 2.21. The molecule has 0 aliphatic rings. The number of rotatable bonds is 2. The first-order chi connectivity index (χ1) is 10.3. The average molecular weight is 424 g/mol. The molecule has 0 aliphatic carbocycles. The Morgan fingerprint density at radius 1 is 0.955 bits per heavy atom. The summed E-state index contributed by atoms with van der Waals surface area (Å²) < 4.78 is 45.5. The van der Waals surface area contributed by atoms with E-state index in [-0.39, 0.29) is 5.75 Å². The number of halogens is 4. The van der Waals surface area contributed by atoms with E-state index in [9.17, 15) is 18.0 Å². The number of methoxy groups -OCH3 is 1. The summed E-state index contributed by atoms with van der Waals surface area (Å²) in [7, 11) is 1.41. The van der Waals surface area contributed by atoms with E-state index in [0.717, 1.165) is 0 Å². The highest BCUT2D eigenvalue weighted by Gasteiger charge is 2.41. The Kier molecular flexibility index (Phi) is 7.16. The van der Waals surface area contributed by atoms with Crippen LogP contribution in [0.5, 0.6) is 11.5 Å². The number of benzene rings is 2. The zero-order valence-corrected chi connectivity index (χ0v) is 13.6. The van der Waals surface area contributed by atoms with Gasteiger partial charge in [-0.25, -0.2) is 4.79 Å². The van der Waals surface area contributed by atoms with Gasteiger partial charge in [-0.1, -0.05) is 18.2 Å². The third-order valence-corrected chi connectivity index (χ3v) is 2.95. The molecule has 2 aromatic rings. The number of hydrogen-bond donors (Lipinski definition) is 0.